The van der Waals surface area contributed by atoms with Crippen LogP contribution in [0.2, 0.25) is 0 Å². The Morgan fingerprint density at radius 3 is 2.32 bits per heavy atom. The molecule has 1 heterocycles. The molecule has 0 spiro atoms. The smallest absolute Gasteiger partial charge is 0.320 e. The lowest BCUT2D eigenvalue weighted by molar-refractivity contribution is -0.138. The highest BCUT2D eigenvalue weighted by atomic mass is 35.5. The number of benzene rings is 2. The lowest BCUT2D eigenvalue weighted by Crippen LogP contribution is -2.32. The van der Waals surface area contributed by atoms with Gasteiger partial charge in [-0.05, 0) is 36.2 Å². The number of halogens is 2. The standard InChI is InChI=1S/C17H14FN3O3.ClH/c18-13-7-5-12(6-8-13)16-20-15(21-24-16)11-3-1-10(2-4-11)9-14(19)17(22)23;/h1-8,14H,9,19H2,(H,22,23);1H/t14-;/m0./s1. The number of carboxylic acid groups (broad SMARTS) is 1. The van der Waals surface area contributed by atoms with Crippen LogP contribution < -0.4 is 5.73 Å². The van der Waals surface area contributed by atoms with Gasteiger partial charge in [-0.1, -0.05) is 29.4 Å². The lowest BCUT2D eigenvalue weighted by Gasteiger charge is -2.06. The van der Waals surface area contributed by atoms with Crippen LogP contribution in [0.1, 0.15) is 5.56 Å². The van der Waals surface area contributed by atoms with Crippen LogP contribution in [0.5, 0.6) is 0 Å². The number of hydrogen-bond donors (Lipinski definition) is 2. The zero-order chi connectivity index (χ0) is 17.1. The average molecular weight is 364 g/mol. The van der Waals surface area contributed by atoms with Crippen molar-refractivity contribution in [2.45, 2.75) is 12.5 Å². The van der Waals surface area contributed by atoms with Gasteiger partial charge in [0.2, 0.25) is 5.82 Å². The fraction of sp³-hybridized carbons (Fsp3) is 0.118. The molecule has 0 aliphatic carbocycles. The van der Waals surface area contributed by atoms with Crippen molar-refractivity contribution in [2.24, 2.45) is 5.73 Å². The maximum Gasteiger partial charge on any atom is 0.320 e. The number of aromatic nitrogens is 2. The Morgan fingerprint density at radius 1 is 1.12 bits per heavy atom. The van der Waals surface area contributed by atoms with Gasteiger partial charge in [-0.2, -0.15) is 4.98 Å². The van der Waals surface area contributed by atoms with Gasteiger partial charge >= 0.3 is 5.97 Å². The van der Waals surface area contributed by atoms with E-state index in [2.05, 4.69) is 10.1 Å². The van der Waals surface area contributed by atoms with E-state index in [-0.39, 0.29) is 24.6 Å². The molecular formula is C17H15ClFN3O3. The molecule has 0 aliphatic heterocycles. The van der Waals surface area contributed by atoms with Crippen molar-refractivity contribution in [3.8, 4) is 22.8 Å². The average Bonchev–Trinajstić information content (AvgIpc) is 3.06. The van der Waals surface area contributed by atoms with Crippen LogP contribution in [0, 0.1) is 5.82 Å². The molecule has 6 nitrogen and oxygen atoms in total. The molecule has 3 aromatic rings. The van der Waals surface area contributed by atoms with E-state index < -0.39 is 12.0 Å². The van der Waals surface area contributed by atoms with E-state index in [1.54, 1.807) is 36.4 Å². The van der Waals surface area contributed by atoms with Crippen molar-refractivity contribution >= 4 is 18.4 Å². The third kappa shape index (κ3) is 4.40. The molecule has 1 aromatic heterocycles. The first-order valence-corrected chi connectivity index (χ1v) is 7.20. The number of nitrogens with two attached hydrogens (primary N) is 1. The molecule has 0 radical (unpaired) electrons. The van der Waals surface area contributed by atoms with Gasteiger partial charge < -0.3 is 15.4 Å². The van der Waals surface area contributed by atoms with Crippen LogP contribution in [0.15, 0.2) is 53.1 Å². The quantitative estimate of drug-likeness (QED) is 0.722. The SMILES string of the molecule is Cl.N[C@@H](Cc1ccc(-c2noc(-c3ccc(F)cc3)n2)cc1)C(=O)O. The van der Waals surface area contributed by atoms with Crippen molar-refractivity contribution in [3.63, 3.8) is 0 Å². The summed E-state index contributed by atoms with van der Waals surface area (Å²) in [6, 6.07) is 11.9. The van der Waals surface area contributed by atoms with Gasteiger partial charge in [-0.3, -0.25) is 4.79 Å². The van der Waals surface area contributed by atoms with Crippen molar-refractivity contribution in [1.82, 2.24) is 10.1 Å². The maximum absolute atomic E-state index is 12.9. The Balaban J connectivity index is 0.00000225. The van der Waals surface area contributed by atoms with Crippen LogP contribution >= 0.6 is 12.4 Å². The maximum atomic E-state index is 12.9. The van der Waals surface area contributed by atoms with Crippen molar-refractivity contribution in [1.29, 1.82) is 0 Å². The first-order chi connectivity index (χ1) is 11.5. The molecule has 0 amide bonds. The molecule has 1 atom stereocenters. The van der Waals surface area contributed by atoms with E-state index in [4.69, 9.17) is 15.4 Å². The summed E-state index contributed by atoms with van der Waals surface area (Å²) in [4.78, 5) is 15.0. The number of nitrogens with zero attached hydrogens (tertiary/aromatic N) is 2. The van der Waals surface area contributed by atoms with Crippen LogP contribution in [0.4, 0.5) is 4.39 Å². The van der Waals surface area contributed by atoms with Crippen molar-refractivity contribution in [2.75, 3.05) is 0 Å². The highest BCUT2D eigenvalue weighted by molar-refractivity contribution is 5.85. The van der Waals surface area contributed by atoms with Crippen LogP contribution in [-0.4, -0.2) is 27.3 Å². The Bertz CT molecular complexity index is 850. The summed E-state index contributed by atoms with van der Waals surface area (Å²) in [7, 11) is 0. The summed E-state index contributed by atoms with van der Waals surface area (Å²) in [5.74, 6) is -0.694. The van der Waals surface area contributed by atoms with Gasteiger partial charge in [0.05, 0.1) is 0 Å². The first-order valence-electron chi connectivity index (χ1n) is 7.20. The largest absolute Gasteiger partial charge is 0.480 e. The van der Waals surface area contributed by atoms with Crippen LogP contribution in [0.3, 0.4) is 0 Å². The second kappa shape index (κ2) is 7.87. The molecule has 0 aliphatic rings. The van der Waals surface area contributed by atoms with Gasteiger partial charge in [-0.25, -0.2) is 4.39 Å². The van der Waals surface area contributed by atoms with Crippen LogP contribution in [-0.2, 0) is 11.2 Å². The van der Waals surface area contributed by atoms with Gasteiger partial charge in [0.15, 0.2) is 0 Å². The summed E-state index contributed by atoms with van der Waals surface area (Å²) >= 11 is 0. The van der Waals surface area contributed by atoms with Crippen LogP contribution in [0.25, 0.3) is 22.8 Å². The van der Waals surface area contributed by atoms with E-state index in [1.807, 2.05) is 0 Å². The van der Waals surface area contributed by atoms with E-state index in [9.17, 15) is 9.18 Å². The predicted octanol–water partition coefficient (Wildman–Crippen LogP) is 2.92. The lowest BCUT2D eigenvalue weighted by atomic mass is 10.0. The van der Waals surface area contributed by atoms with Gasteiger partial charge in [0.1, 0.15) is 11.9 Å². The molecule has 0 fully saturated rings. The Morgan fingerprint density at radius 2 is 1.72 bits per heavy atom. The molecule has 3 rings (SSSR count). The molecular weight excluding hydrogens is 349 g/mol. The predicted molar refractivity (Wildman–Crippen MR) is 91.7 cm³/mol. The van der Waals surface area contributed by atoms with Gasteiger partial charge in [-0.15, -0.1) is 12.4 Å². The van der Waals surface area contributed by atoms with Gasteiger partial charge in [0.25, 0.3) is 5.89 Å². The van der Waals surface area contributed by atoms with Crippen molar-refractivity contribution in [3.05, 3.63) is 59.9 Å². The first kappa shape index (κ1) is 18.6. The fourth-order valence-corrected chi connectivity index (χ4v) is 2.18. The third-order valence-electron chi connectivity index (χ3n) is 3.50. The summed E-state index contributed by atoms with van der Waals surface area (Å²) in [5.41, 5.74) is 7.66. The van der Waals surface area contributed by atoms with E-state index in [1.165, 1.54) is 12.1 Å². The molecule has 0 unspecified atom stereocenters. The summed E-state index contributed by atoms with van der Waals surface area (Å²) < 4.78 is 18.1. The van der Waals surface area contributed by atoms with Crippen molar-refractivity contribution < 1.29 is 18.8 Å². The topological polar surface area (TPSA) is 102 Å². The highest BCUT2D eigenvalue weighted by Gasteiger charge is 2.13. The molecule has 8 heteroatoms. The normalized spacial score (nSPS) is 11.6. The molecule has 25 heavy (non-hydrogen) atoms. The number of hydrogen-bond acceptors (Lipinski definition) is 5. The zero-order valence-corrected chi connectivity index (χ0v) is 13.7. The zero-order valence-electron chi connectivity index (χ0n) is 12.9. The minimum atomic E-state index is -1.04. The van der Waals surface area contributed by atoms with E-state index >= 15 is 0 Å². The summed E-state index contributed by atoms with van der Waals surface area (Å²) in [5, 5.41) is 12.7. The Labute approximate surface area is 148 Å². The van der Waals surface area contributed by atoms with E-state index in [0.29, 0.717) is 17.3 Å². The monoisotopic (exact) mass is 363 g/mol. The highest BCUT2D eigenvalue weighted by Crippen LogP contribution is 2.22. The van der Waals surface area contributed by atoms with E-state index in [0.717, 1.165) is 11.1 Å². The molecule has 0 saturated carbocycles. The number of carboxylic acids is 1. The minimum absolute atomic E-state index is 0. The second-order valence-corrected chi connectivity index (χ2v) is 5.28. The van der Waals surface area contributed by atoms with Gasteiger partial charge in [0, 0.05) is 11.1 Å². The number of aliphatic carboxylic acids is 1. The molecule has 2 aromatic carbocycles. The third-order valence-corrected chi connectivity index (χ3v) is 3.50. The number of carbonyl (C=O) groups is 1. The Hall–Kier alpha value is -2.77. The molecule has 130 valence electrons. The molecule has 0 saturated heterocycles. The fourth-order valence-electron chi connectivity index (χ4n) is 2.18. The minimum Gasteiger partial charge on any atom is -0.480 e. The molecule has 0 bridgehead atoms. The summed E-state index contributed by atoms with van der Waals surface area (Å²) in [6.45, 7) is 0. The number of rotatable bonds is 5. The second-order valence-electron chi connectivity index (χ2n) is 5.28. The summed E-state index contributed by atoms with van der Waals surface area (Å²) in [6.07, 6.45) is 0.239. The molecule has 3 N–H and O–H groups in total. The Kier molecular flexibility index (Phi) is 5.84.